The molecule has 3 nitrogen and oxygen atoms in total. The van der Waals surface area contributed by atoms with Gasteiger partial charge in [0.05, 0.1) is 11.0 Å². The van der Waals surface area contributed by atoms with Crippen molar-refractivity contribution in [2.75, 3.05) is 12.3 Å². The molecule has 0 fully saturated rings. The van der Waals surface area contributed by atoms with Crippen molar-refractivity contribution >= 4 is 22.8 Å². The van der Waals surface area contributed by atoms with Gasteiger partial charge in [-0.3, -0.25) is 0 Å². The van der Waals surface area contributed by atoms with E-state index in [1.165, 1.54) is 12.8 Å². The second kappa shape index (κ2) is 6.81. The molecule has 2 rings (SSSR count). The molecule has 2 aromatic rings. The van der Waals surface area contributed by atoms with E-state index in [1.807, 2.05) is 18.2 Å². The summed E-state index contributed by atoms with van der Waals surface area (Å²) in [7, 11) is 0. The number of thioether (sulfide) groups is 1. The molecule has 0 saturated carbocycles. The summed E-state index contributed by atoms with van der Waals surface area (Å²) in [6.45, 7) is 5.55. The van der Waals surface area contributed by atoms with Gasteiger partial charge >= 0.3 is 0 Å². The molecule has 0 spiro atoms. The number of imidazole rings is 1. The zero-order valence-electron chi connectivity index (χ0n) is 11.1. The molecule has 0 aliphatic heterocycles. The summed E-state index contributed by atoms with van der Waals surface area (Å²) in [5.41, 5.74) is 2.18. The molecule has 4 heteroatoms. The van der Waals surface area contributed by atoms with Crippen molar-refractivity contribution in [1.82, 2.24) is 15.3 Å². The quantitative estimate of drug-likeness (QED) is 0.752. The Labute approximate surface area is 113 Å². The van der Waals surface area contributed by atoms with Gasteiger partial charge in [-0.25, -0.2) is 4.98 Å². The lowest BCUT2D eigenvalue weighted by atomic mass is 10.2. The fourth-order valence-corrected chi connectivity index (χ4v) is 2.83. The topological polar surface area (TPSA) is 40.7 Å². The standard InChI is InChI=1S/C14H21N3S/c1-3-9-15-11(2)8-10-18-14-16-12-6-4-5-7-13(12)17-14/h4-7,11,15H,3,8-10H2,1-2H3,(H,16,17). The van der Waals surface area contributed by atoms with E-state index in [0.717, 1.165) is 28.5 Å². The Morgan fingerprint density at radius 1 is 1.39 bits per heavy atom. The summed E-state index contributed by atoms with van der Waals surface area (Å²) in [4.78, 5) is 7.90. The lowest BCUT2D eigenvalue weighted by Crippen LogP contribution is -2.27. The summed E-state index contributed by atoms with van der Waals surface area (Å²) < 4.78 is 0. The van der Waals surface area contributed by atoms with E-state index in [0.29, 0.717) is 6.04 Å². The molecule has 1 aromatic carbocycles. The normalized spacial score (nSPS) is 13.0. The van der Waals surface area contributed by atoms with Gasteiger partial charge in [-0.15, -0.1) is 0 Å². The maximum Gasteiger partial charge on any atom is 0.166 e. The number of rotatable bonds is 7. The zero-order valence-corrected chi connectivity index (χ0v) is 11.9. The van der Waals surface area contributed by atoms with Crippen molar-refractivity contribution < 1.29 is 0 Å². The van der Waals surface area contributed by atoms with Crippen LogP contribution in [-0.2, 0) is 0 Å². The Morgan fingerprint density at radius 2 is 2.22 bits per heavy atom. The monoisotopic (exact) mass is 263 g/mol. The summed E-state index contributed by atoms with van der Waals surface area (Å²) >= 11 is 1.80. The first-order chi connectivity index (χ1) is 8.79. The lowest BCUT2D eigenvalue weighted by molar-refractivity contribution is 0.536. The molecule has 1 unspecified atom stereocenters. The highest BCUT2D eigenvalue weighted by molar-refractivity contribution is 7.99. The molecule has 18 heavy (non-hydrogen) atoms. The fourth-order valence-electron chi connectivity index (χ4n) is 1.82. The summed E-state index contributed by atoms with van der Waals surface area (Å²) in [6, 6.07) is 8.75. The third-order valence-corrected chi connectivity index (χ3v) is 3.81. The van der Waals surface area contributed by atoms with Crippen molar-refractivity contribution in [3.8, 4) is 0 Å². The number of aromatic amines is 1. The van der Waals surface area contributed by atoms with Crippen molar-refractivity contribution in [2.45, 2.75) is 37.9 Å². The van der Waals surface area contributed by atoms with Gasteiger partial charge in [-0.1, -0.05) is 30.8 Å². The highest BCUT2D eigenvalue weighted by Crippen LogP contribution is 2.20. The molecule has 1 atom stereocenters. The number of hydrogen-bond acceptors (Lipinski definition) is 3. The van der Waals surface area contributed by atoms with Crippen molar-refractivity contribution in [3.63, 3.8) is 0 Å². The van der Waals surface area contributed by atoms with Crippen molar-refractivity contribution in [3.05, 3.63) is 24.3 Å². The number of H-pyrrole nitrogens is 1. The van der Waals surface area contributed by atoms with Crippen LogP contribution in [0.3, 0.4) is 0 Å². The average molecular weight is 263 g/mol. The predicted molar refractivity (Wildman–Crippen MR) is 79.2 cm³/mol. The Morgan fingerprint density at radius 3 is 3.00 bits per heavy atom. The molecular weight excluding hydrogens is 242 g/mol. The molecule has 1 aromatic heterocycles. The zero-order chi connectivity index (χ0) is 12.8. The Kier molecular flexibility index (Phi) is 5.08. The maximum absolute atomic E-state index is 4.56. The fraction of sp³-hybridized carbons (Fsp3) is 0.500. The number of fused-ring (bicyclic) bond motifs is 1. The minimum absolute atomic E-state index is 0.585. The first-order valence-corrected chi connectivity index (χ1v) is 7.59. The molecular formula is C14H21N3S. The number of nitrogens with one attached hydrogen (secondary N) is 2. The van der Waals surface area contributed by atoms with Gasteiger partial charge in [0.25, 0.3) is 0 Å². The van der Waals surface area contributed by atoms with E-state index in [1.54, 1.807) is 11.8 Å². The number of nitrogens with zero attached hydrogens (tertiary/aromatic N) is 1. The van der Waals surface area contributed by atoms with Crippen LogP contribution in [0.4, 0.5) is 0 Å². The molecule has 0 aliphatic rings. The van der Waals surface area contributed by atoms with Crippen LogP contribution in [0, 0.1) is 0 Å². The SMILES string of the molecule is CCCNC(C)CCSc1nc2ccccc2[nH]1. The van der Waals surface area contributed by atoms with Crippen LogP contribution < -0.4 is 5.32 Å². The van der Waals surface area contributed by atoms with Crippen LogP contribution >= 0.6 is 11.8 Å². The maximum atomic E-state index is 4.56. The third-order valence-electron chi connectivity index (χ3n) is 2.90. The number of para-hydroxylation sites is 2. The van der Waals surface area contributed by atoms with E-state index >= 15 is 0 Å². The van der Waals surface area contributed by atoms with Gasteiger partial charge in [-0.2, -0.15) is 0 Å². The Bertz CT molecular complexity index is 448. The van der Waals surface area contributed by atoms with Crippen LogP contribution in [-0.4, -0.2) is 28.3 Å². The van der Waals surface area contributed by atoms with Gasteiger partial charge in [0.2, 0.25) is 0 Å². The van der Waals surface area contributed by atoms with Crippen LogP contribution in [0.1, 0.15) is 26.7 Å². The molecule has 1 heterocycles. The van der Waals surface area contributed by atoms with Crippen LogP contribution in [0.15, 0.2) is 29.4 Å². The Balaban J connectivity index is 1.79. The summed E-state index contributed by atoms with van der Waals surface area (Å²) in [5, 5.41) is 4.53. The van der Waals surface area contributed by atoms with E-state index in [2.05, 4.69) is 35.2 Å². The minimum atomic E-state index is 0.585. The lowest BCUT2D eigenvalue weighted by Gasteiger charge is -2.11. The van der Waals surface area contributed by atoms with Gasteiger partial charge < -0.3 is 10.3 Å². The van der Waals surface area contributed by atoms with Gasteiger partial charge in [0.15, 0.2) is 5.16 Å². The van der Waals surface area contributed by atoms with Crippen molar-refractivity contribution in [1.29, 1.82) is 0 Å². The first kappa shape index (κ1) is 13.4. The van der Waals surface area contributed by atoms with Crippen LogP contribution in [0.2, 0.25) is 0 Å². The highest BCUT2D eigenvalue weighted by Gasteiger charge is 2.04. The Hall–Kier alpha value is -1.00. The third kappa shape index (κ3) is 3.75. The second-order valence-electron chi connectivity index (χ2n) is 4.55. The molecule has 0 saturated heterocycles. The molecule has 2 N–H and O–H groups in total. The highest BCUT2D eigenvalue weighted by atomic mass is 32.2. The number of benzene rings is 1. The van der Waals surface area contributed by atoms with E-state index in [-0.39, 0.29) is 0 Å². The molecule has 0 amide bonds. The van der Waals surface area contributed by atoms with E-state index in [9.17, 15) is 0 Å². The number of aromatic nitrogens is 2. The molecule has 0 radical (unpaired) electrons. The summed E-state index contributed by atoms with van der Waals surface area (Å²) in [5.74, 6) is 1.09. The van der Waals surface area contributed by atoms with Gasteiger partial charge in [-0.05, 0) is 38.4 Å². The molecule has 98 valence electrons. The van der Waals surface area contributed by atoms with Crippen LogP contribution in [0.25, 0.3) is 11.0 Å². The largest absolute Gasteiger partial charge is 0.333 e. The smallest absolute Gasteiger partial charge is 0.166 e. The molecule has 0 bridgehead atoms. The van der Waals surface area contributed by atoms with E-state index < -0.39 is 0 Å². The molecule has 0 aliphatic carbocycles. The predicted octanol–water partition coefficient (Wildman–Crippen LogP) is 3.43. The van der Waals surface area contributed by atoms with Crippen molar-refractivity contribution in [2.24, 2.45) is 0 Å². The van der Waals surface area contributed by atoms with E-state index in [4.69, 9.17) is 0 Å². The number of hydrogen-bond donors (Lipinski definition) is 2. The average Bonchev–Trinajstić information content (AvgIpc) is 2.79. The minimum Gasteiger partial charge on any atom is -0.333 e. The van der Waals surface area contributed by atoms with Gasteiger partial charge in [0.1, 0.15) is 0 Å². The second-order valence-corrected chi connectivity index (χ2v) is 5.64. The van der Waals surface area contributed by atoms with Crippen LogP contribution in [0.5, 0.6) is 0 Å². The first-order valence-electron chi connectivity index (χ1n) is 6.60. The van der Waals surface area contributed by atoms with Gasteiger partial charge in [0, 0.05) is 11.8 Å². The summed E-state index contributed by atoms with van der Waals surface area (Å²) in [6.07, 6.45) is 2.36.